The molecule has 1 aromatic rings. The molecule has 124 valence electrons. The summed E-state index contributed by atoms with van der Waals surface area (Å²) in [5.74, 6) is -2.93. The predicted octanol–water partition coefficient (Wildman–Crippen LogP) is 4.68. The topological polar surface area (TPSA) is 42.8 Å². The summed E-state index contributed by atoms with van der Waals surface area (Å²) in [5.41, 5.74) is 0.580. The molecule has 0 heterocycles. The maximum atomic E-state index is 13.2. The zero-order valence-electron chi connectivity index (χ0n) is 12.1. The van der Waals surface area contributed by atoms with Crippen molar-refractivity contribution >= 4 is 40.8 Å². The molecule has 0 aliphatic carbocycles. The highest BCUT2D eigenvalue weighted by Gasteiger charge is 2.56. The third kappa shape index (κ3) is 4.04. The lowest BCUT2D eigenvalue weighted by molar-refractivity contribution is -0.334. The molecule has 0 aliphatic heterocycles. The number of nitrogens with zero attached hydrogens (tertiary/aromatic N) is 1. The van der Waals surface area contributed by atoms with Crippen LogP contribution in [0.25, 0.3) is 0 Å². The normalized spacial score (nSPS) is 15.1. The molecule has 0 saturated heterocycles. The highest BCUT2D eigenvalue weighted by molar-refractivity contribution is 6.42. The van der Waals surface area contributed by atoms with Crippen molar-refractivity contribution in [3.05, 3.63) is 22.2 Å². The summed E-state index contributed by atoms with van der Waals surface area (Å²) in [6, 6.07) is 2.80. The average molecular weight is 359 g/mol. The number of nitrogens with one attached hydrogen (secondary N) is 1. The molecule has 4 nitrogen and oxygen atoms in total. The van der Waals surface area contributed by atoms with Gasteiger partial charge in [0.05, 0.1) is 27.6 Å². The van der Waals surface area contributed by atoms with Gasteiger partial charge in [-0.25, -0.2) is 0 Å². The van der Waals surface area contributed by atoms with Crippen LogP contribution in [0.5, 0.6) is 0 Å². The van der Waals surface area contributed by atoms with Crippen LogP contribution < -0.4 is 5.32 Å². The van der Waals surface area contributed by atoms with Crippen LogP contribution in [0.15, 0.2) is 17.1 Å². The zero-order chi connectivity index (χ0) is 17.0. The van der Waals surface area contributed by atoms with Crippen molar-refractivity contribution < 1.29 is 22.6 Å². The fraction of sp³-hybridized carbons (Fsp3) is 0.462. The van der Waals surface area contributed by atoms with Gasteiger partial charge in [-0.05, 0) is 19.1 Å². The number of aliphatic imine (C=N–C) groups is 1. The van der Waals surface area contributed by atoms with Gasteiger partial charge in [-0.2, -0.15) is 13.2 Å². The first-order valence-corrected chi connectivity index (χ1v) is 6.94. The Labute approximate surface area is 136 Å². The largest absolute Gasteiger partial charge is 0.449 e. The molecular weight excluding hydrogens is 344 g/mol. The minimum Gasteiger partial charge on any atom is -0.386 e. The van der Waals surface area contributed by atoms with E-state index >= 15 is 0 Å². The molecule has 0 amide bonds. The maximum absolute atomic E-state index is 13.2. The smallest absolute Gasteiger partial charge is 0.386 e. The second-order valence-electron chi connectivity index (χ2n) is 4.09. The Morgan fingerprint density at radius 3 is 2.32 bits per heavy atom. The van der Waals surface area contributed by atoms with Crippen LogP contribution in [0.4, 0.5) is 24.5 Å². The molecule has 0 radical (unpaired) electrons. The molecule has 9 heteroatoms. The number of methoxy groups -OCH3 is 1. The van der Waals surface area contributed by atoms with Crippen molar-refractivity contribution in [3.8, 4) is 0 Å². The van der Waals surface area contributed by atoms with E-state index in [0.29, 0.717) is 11.9 Å². The van der Waals surface area contributed by atoms with E-state index in [2.05, 4.69) is 15.0 Å². The van der Waals surface area contributed by atoms with Crippen LogP contribution >= 0.6 is 23.2 Å². The molecule has 1 rings (SSSR count). The Balaban J connectivity index is 3.29. The van der Waals surface area contributed by atoms with E-state index < -0.39 is 12.0 Å². The Morgan fingerprint density at radius 1 is 1.27 bits per heavy atom. The van der Waals surface area contributed by atoms with Gasteiger partial charge in [-0.15, -0.1) is 0 Å². The maximum Gasteiger partial charge on any atom is 0.449 e. The highest BCUT2D eigenvalue weighted by Crippen LogP contribution is 2.37. The van der Waals surface area contributed by atoms with Gasteiger partial charge >= 0.3 is 12.0 Å². The number of ether oxygens (including phenoxy) is 2. The summed E-state index contributed by atoms with van der Waals surface area (Å²) in [6.45, 7) is 1.21. The van der Waals surface area contributed by atoms with Gasteiger partial charge in [0.15, 0.2) is 0 Å². The second kappa shape index (κ2) is 7.50. The fourth-order valence-electron chi connectivity index (χ4n) is 1.63. The molecule has 0 saturated carbocycles. The highest BCUT2D eigenvalue weighted by atomic mass is 35.5. The second-order valence-corrected chi connectivity index (χ2v) is 4.91. The standard InChI is InChI=1S/C13H15Cl2F3N2O2/c1-4-22-12(21-3,13(16,17)18)7-20-11-6-9(15)8(14)5-10(11)19-2/h5-7,19H,4H2,1-3H3. The first-order chi connectivity index (χ1) is 10.2. The van der Waals surface area contributed by atoms with Crippen LogP contribution in [0.1, 0.15) is 6.92 Å². The van der Waals surface area contributed by atoms with Gasteiger partial charge in [0.2, 0.25) is 0 Å². The number of benzene rings is 1. The van der Waals surface area contributed by atoms with Crippen LogP contribution in [0.2, 0.25) is 10.0 Å². The van der Waals surface area contributed by atoms with E-state index in [9.17, 15) is 13.2 Å². The van der Waals surface area contributed by atoms with Crippen molar-refractivity contribution in [2.75, 3.05) is 26.1 Å². The quantitative estimate of drug-likeness (QED) is 0.593. The Kier molecular flexibility index (Phi) is 6.49. The van der Waals surface area contributed by atoms with Gasteiger partial charge in [0.1, 0.15) is 0 Å². The number of hydrogen-bond acceptors (Lipinski definition) is 4. The molecule has 0 fully saturated rings. The van der Waals surface area contributed by atoms with Crippen molar-refractivity contribution in [2.45, 2.75) is 18.9 Å². The molecule has 0 aliphatic rings. The lowest BCUT2D eigenvalue weighted by Gasteiger charge is -2.29. The Bertz CT molecular complexity index is 553. The molecule has 22 heavy (non-hydrogen) atoms. The van der Waals surface area contributed by atoms with Gasteiger partial charge < -0.3 is 14.8 Å². The number of alkyl halides is 3. The Morgan fingerprint density at radius 2 is 1.86 bits per heavy atom. The van der Waals surface area contributed by atoms with E-state index in [-0.39, 0.29) is 22.3 Å². The molecule has 1 atom stereocenters. The number of anilines is 1. The monoisotopic (exact) mass is 358 g/mol. The first-order valence-electron chi connectivity index (χ1n) is 6.18. The lowest BCUT2D eigenvalue weighted by Crippen LogP contribution is -2.51. The number of rotatable bonds is 6. The first kappa shape index (κ1) is 19.0. The van der Waals surface area contributed by atoms with E-state index in [1.165, 1.54) is 19.1 Å². The van der Waals surface area contributed by atoms with Crippen molar-refractivity contribution in [2.24, 2.45) is 4.99 Å². The van der Waals surface area contributed by atoms with Gasteiger partial charge in [0.25, 0.3) is 0 Å². The number of hydrogen-bond donors (Lipinski definition) is 1. The van der Waals surface area contributed by atoms with E-state index in [1.54, 1.807) is 7.05 Å². The third-order valence-electron chi connectivity index (χ3n) is 2.74. The fourth-order valence-corrected chi connectivity index (χ4v) is 1.95. The predicted molar refractivity (Wildman–Crippen MR) is 81.6 cm³/mol. The molecule has 1 N–H and O–H groups in total. The Hall–Kier alpha value is -1.02. The summed E-state index contributed by atoms with van der Waals surface area (Å²) in [5, 5.41) is 3.19. The summed E-state index contributed by atoms with van der Waals surface area (Å²) < 4.78 is 48.8. The van der Waals surface area contributed by atoms with Gasteiger partial charge in [-0.3, -0.25) is 4.99 Å². The van der Waals surface area contributed by atoms with E-state index in [0.717, 1.165) is 7.11 Å². The van der Waals surface area contributed by atoms with Crippen molar-refractivity contribution in [3.63, 3.8) is 0 Å². The minimum absolute atomic E-state index is 0.166. The lowest BCUT2D eigenvalue weighted by atomic mass is 10.2. The molecular formula is C13H15Cl2F3N2O2. The summed E-state index contributed by atoms with van der Waals surface area (Å²) >= 11 is 11.7. The van der Waals surface area contributed by atoms with E-state index in [1.807, 2.05) is 0 Å². The summed E-state index contributed by atoms with van der Waals surface area (Å²) in [7, 11) is 2.47. The molecule has 0 aromatic heterocycles. The SMILES string of the molecule is CCOC(C=Nc1cc(Cl)c(Cl)cc1NC)(OC)C(F)(F)F. The van der Waals surface area contributed by atoms with Crippen molar-refractivity contribution in [1.29, 1.82) is 0 Å². The minimum atomic E-state index is -4.79. The van der Waals surface area contributed by atoms with Crippen LogP contribution in [-0.2, 0) is 9.47 Å². The van der Waals surface area contributed by atoms with Crippen LogP contribution in [0, 0.1) is 0 Å². The zero-order valence-corrected chi connectivity index (χ0v) is 13.6. The van der Waals surface area contributed by atoms with Gasteiger partial charge in [0, 0.05) is 20.8 Å². The summed E-state index contributed by atoms with van der Waals surface area (Å²) in [4.78, 5) is 3.81. The molecule has 1 aromatic carbocycles. The van der Waals surface area contributed by atoms with Gasteiger partial charge in [-0.1, -0.05) is 23.2 Å². The third-order valence-corrected chi connectivity index (χ3v) is 3.46. The van der Waals surface area contributed by atoms with E-state index in [4.69, 9.17) is 27.9 Å². The average Bonchev–Trinajstić information content (AvgIpc) is 2.45. The summed E-state index contributed by atoms with van der Waals surface area (Å²) in [6.07, 6.45) is -4.24. The molecule has 0 bridgehead atoms. The number of halogens is 5. The van der Waals surface area contributed by atoms with Crippen LogP contribution in [0.3, 0.4) is 0 Å². The van der Waals surface area contributed by atoms with Crippen LogP contribution in [-0.4, -0.2) is 38.9 Å². The molecule has 0 spiro atoms. The molecule has 1 unspecified atom stereocenters. The van der Waals surface area contributed by atoms with Crippen molar-refractivity contribution in [1.82, 2.24) is 0 Å².